The molecule has 0 radical (unpaired) electrons. The third-order valence-corrected chi connectivity index (χ3v) is 4.20. The molecule has 2 rings (SSSR count). The molecule has 2 unspecified atom stereocenters. The van der Waals surface area contributed by atoms with Gasteiger partial charge in [0.1, 0.15) is 5.75 Å². The van der Waals surface area contributed by atoms with E-state index in [1.165, 1.54) is 11.1 Å². The van der Waals surface area contributed by atoms with Crippen molar-refractivity contribution in [1.82, 2.24) is 10.3 Å². The fraction of sp³-hybridized carbons (Fsp3) is 0.312. The number of nitrogens with one attached hydrogen (secondary N) is 1. The highest BCUT2D eigenvalue weighted by molar-refractivity contribution is 9.10. The average molecular weight is 335 g/mol. The van der Waals surface area contributed by atoms with Gasteiger partial charge in [-0.2, -0.15) is 0 Å². The van der Waals surface area contributed by atoms with Crippen molar-refractivity contribution in [1.29, 1.82) is 0 Å². The van der Waals surface area contributed by atoms with Gasteiger partial charge in [0.2, 0.25) is 0 Å². The SMILES string of the molecule is CNC(c1ccc(OC)c(Br)c1)C(C)c1ccncc1. The van der Waals surface area contributed by atoms with Gasteiger partial charge in [0.25, 0.3) is 0 Å². The molecule has 1 aromatic carbocycles. The van der Waals surface area contributed by atoms with E-state index in [4.69, 9.17) is 4.74 Å². The molecule has 1 N–H and O–H groups in total. The number of hydrogen-bond acceptors (Lipinski definition) is 3. The van der Waals surface area contributed by atoms with E-state index in [0.717, 1.165) is 10.2 Å². The van der Waals surface area contributed by atoms with Crippen molar-refractivity contribution in [2.75, 3.05) is 14.2 Å². The van der Waals surface area contributed by atoms with Gasteiger partial charge in [-0.1, -0.05) is 13.0 Å². The Morgan fingerprint density at radius 3 is 2.40 bits per heavy atom. The first-order valence-electron chi connectivity index (χ1n) is 6.58. The molecule has 0 saturated heterocycles. The topological polar surface area (TPSA) is 34.1 Å². The van der Waals surface area contributed by atoms with Crippen LogP contribution < -0.4 is 10.1 Å². The zero-order valence-corrected chi connectivity index (χ0v) is 13.5. The Labute approximate surface area is 128 Å². The minimum Gasteiger partial charge on any atom is -0.496 e. The Kier molecular flexibility index (Phi) is 5.15. The van der Waals surface area contributed by atoms with E-state index >= 15 is 0 Å². The zero-order chi connectivity index (χ0) is 14.5. The van der Waals surface area contributed by atoms with Crippen LogP contribution in [0.1, 0.15) is 30.0 Å². The second-order valence-corrected chi connectivity index (χ2v) is 5.58. The van der Waals surface area contributed by atoms with Crippen LogP contribution in [0.2, 0.25) is 0 Å². The maximum atomic E-state index is 5.28. The first kappa shape index (κ1) is 15.0. The van der Waals surface area contributed by atoms with Gasteiger partial charge in [-0.25, -0.2) is 0 Å². The van der Waals surface area contributed by atoms with Gasteiger partial charge in [-0.15, -0.1) is 0 Å². The molecule has 106 valence electrons. The van der Waals surface area contributed by atoms with Crippen LogP contribution in [0.15, 0.2) is 47.2 Å². The number of rotatable bonds is 5. The lowest BCUT2D eigenvalue weighted by Crippen LogP contribution is -2.22. The predicted molar refractivity (Wildman–Crippen MR) is 85.1 cm³/mol. The highest BCUT2D eigenvalue weighted by Gasteiger charge is 2.20. The molecule has 0 saturated carbocycles. The standard InChI is InChI=1S/C16H19BrN2O/c1-11(12-6-8-19-9-7-12)16(18-2)13-4-5-15(20-3)14(17)10-13/h4-11,16,18H,1-3H3. The molecule has 20 heavy (non-hydrogen) atoms. The summed E-state index contributed by atoms with van der Waals surface area (Å²) in [7, 11) is 3.66. The number of ether oxygens (including phenoxy) is 1. The zero-order valence-electron chi connectivity index (χ0n) is 11.9. The summed E-state index contributed by atoms with van der Waals surface area (Å²) in [4.78, 5) is 4.08. The largest absolute Gasteiger partial charge is 0.496 e. The Morgan fingerprint density at radius 1 is 1.15 bits per heavy atom. The Bertz CT molecular complexity index is 560. The number of pyridine rings is 1. The normalized spacial score (nSPS) is 13.8. The van der Waals surface area contributed by atoms with Gasteiger partial charge >= 0.3 is 0 Å². The van der Waals surface area contributed by atoms with Crippen LogP contribution >= 0.6 is 15.9 Å². The summed E-state index contributed by atoms with van der Waals surface area (Å²) in [5, 5.41) is 3.40. The van der Waals surface area contributed by atoms with Crippen molar-refractivity contribution in [3.05, 3.63) is 58.3 Å². The van der Waals surface area contributed by atoms with E-state index in [0.29, 0.717) is 5.92 Å². The summed E-state index contributed by atoms with van der Waals surface area (Å²) in [6.07, 6.45) is 3.67. The van der Waals surface area contributed by atoms with Gasteiger partial charge in [0.15, 0.2) is 0 Å². The van der Waals surface area contributed by atoms with Crippen LogP contribution in [0, 0.1) is 0 Å². The van der Waals surface area contributed by atoms with Gasteiger partial charge in [-0.3, -0.25) is 4.98 Å². The molecule has 0 aliphatic heterocycles. The van der Waals surface area contributed by atoms with Gasteiger partial charge < -0.3 is 10.1 Å². The fourth-order valence-electron chi connectivity index (χ4n) is 2.44. The Morgan fingerprint density at radius 2 is 1.85 bits per heavy atom. The number of benzene rings is 1. The molecular formula is C16H19BrN2O. The van der Waals surface area contributed by atoms with Crippen molar-refractivity contribution in [3.8, 4) is 5.75 Å². The van der Waals surface area contributed by atoms with Gasteiger partial charge in [0, 0.05) is 24.4 Å². The number of halogens is 1. The lowest BCUT2D eigenvalue weighted by atomic mass is 9.89. The van der Waals surface area contributed by atoms with E-state index < -0.39 is 0 Å². The smallest absolute Gasteiger partial charge is 0.133 e. The van der Waals surface area contributed by atoms with Crippen LogP contribution in [0.3, 0.4) is 0 Å². The van der Waals surface area contributed by atoms with Crippen LogP contribution in [-0.2, 0) is 0 Å². The quantitative estimate of drug-likeness (QED) is 0.899. The van der Waals surface area contributed by atoms with E-state index in [-0.39, 0.29) is 6.04 Å². The van der Waals surface area contributed by atoms with E-state index in [1.807, 2.05) is 25.5 Å². The Hall–Kier alpha value is -1.39. The first-order valence-corrected chi connectivity index (χ1v) is 7.37. The van der Waals surface area contributed by atoms with Crippen molar-refractivity contribution < 1.29 is 4.74 Å². The number of methoxy groups -OCH3 is 1. The molecule has 2 aromatic rings. The summed E-state index contributed by atoms with van der Waals surface area (Å²) in [6.45, 7) is 2.22. The molecule has 0 aliphatic rings. The van der Waals surface area contributed by atoms with Gasteiger partial charge in [0.05, 0.1) is 11.6 Å². The van der Waals surface area contributed by atoms with Crippen LogP contribution in [0.25, 0.3) is 0 Å². The summed E-state index contributed by atoms with van der Waals surface area (Å²) in [5.74, 6) is 1.20. The summed E-state index contributed by atoms with van der Waals surface area (Å²) in [5.41, 5.74) is 2.50. The third kappa shape index (κ3) is 3.19. The third-order valence-electron chi connectivity index (χ3n) is 3.58. The second-order valence-electron chi connectivity index (χ2n) is 4.73. The molecule has 4 heteroatoms. The maximum absolute atomic E-state index is 5.28. The molecule has 0 aliphatic carbocycles. The monoisotopic (exact) mass is 334 g/mol. The highest BCUT2D eigenvalue weighted by Crippen LogP contribution is 2.34. The molecule has 1 heterocycles. The first-order chi connectivity index (χ1) is 9.67. The van der Waals surface area contributed by atoms with E-state index in [2.05, 4.69) is 57.4 Å². The van der Waals surface area contributed by atoms with Crippen molar-refractivity contribution in [2.45, 2.75) is 18.9 Å². The van der Waals surface area contributed by atoms with Crippen LogP contribution in [0.5, 0.6) is 5.75 Å². The van der Waals surface area contributed by atoms with Crippen molar-refractivity contribution in [2.24, 2.45) is 0 Å². The molecular weight excluding hydrogens is 316 g/mol. The second kappa shape index (κ2) is 6.86. The number of hydrogen-bond donors (Lipinski definition) is 1. The molecule has 0 spiro atoms. The van der Waals surface area contributed by atoms with E-state index in [9.17, 15) is 0 Å². The summed E-state index contributed by atoms with van der Waals surface area (Å²) >= 11 is 3.55. The summed E-state index contributed by atoms with van der Waals surface area (Å²) in [6, 6.07) is 10.6. The molecule has 0 fully saturated rings. The van der Waals surface area contributed by atoms with E-state index in [1.54, 1.807) is 7.11 Å². The lowest BCUT2D eigenvalue weighted by Gasteiger charge is -2.25. The lowest BCUT2D eigenvalue weighted by molar-refractivity contribution is 0.411. The average Bonchev–Trinajstić information content (AvgIpc) is 2.49. The molecule has 0 amide bonds. The van der Waals surface area contributed by atoms with Crippen LogP contribution in [0.4, 0.5) is 0 Å². The molecule has 1 aromatic heterocycles. The predicted octanol–water partition coefficient (Wildman–Crippen LogP) is 3.92. The van der Waals surface area contributed by atoms with Crippen molar-refractivity contribution >= 4 is 15.9 Å². The van der Waals surface area contributed by atoms with Crippen molar-refractivity contribution in [3.63, 3.8) is 0 Å². The van der Waals surface area contributed by atoms with Gasteiger partial charge in [-0.05, 0) is 58.4 Å². The van der Waals surface area contributed by atoms with Crippen LogP contribution in [-0.4, -0.2) is 19.1 Å². The maximum Gasteiger partial charge on any atom is 0.133 e. The molecule has 0 bridgehead atoms. The fourth-order valence-corrected chi connectivity index (χ4v) is 3.00. The highest BCUT2D eigenvalue weighted by atomic mass is 79.9. The number of likely N-dealkylation sites (N-methyl/N-ethyl adjacent to an activating group) is 1. The Balaban J connectivity index is 2.30. The minimum atomic E-state index is 0.236. The molecule has 3 nitrogen and oxygen atoms in total. The number of aromatic nitrogens is 1. The molecule has 2 atom stereocenters. The summed E-state index contributed by atoms with van der Waals surface area (Å²) < 4.78 is 6.25. The minimum absolute atomic E-state index is 0.236. The number of nitrogens with zero attached hydrogens (tertiary/aromatic N) is 1.